The van der Waals surface area contributed by atoms with Crippen LogP contribution in [0.25, 0.3) is 0 Å². The fraction of sp³-hybridized carbons (Fsp3) is 0.625. The Bertz CT molecular complexity index is 434. The van der Waals surface area contributed by atoms with Crippen molar-refractivity contribution in [2.24, 2.45) is 0 Å². The summed E-state index contributed by atoms with van der Waals surface area (Å²) in [5, 5.41) is 3.62. The summed E-state index contributed by atoms with van der Waals surface area (Å²) in [6, 6.07) is 9.49. The molecule has 1 aromatic rings. The van der Waals surface area contributed by atoms with Gasteiger partial charge >= 0.3 is 0 Å². The number of nitrogens with zero attached hydrogens (tertiary/aromatic N) is 1. The van der Waals surface area contributed by atoms with Crippen molar-refractivity contribution in [1.82, 2.24) is 10.2 Å². The molecular formula is C16H24N2O2. The highest BCUT2D eigenvalue weighted by molar-refractivity contribution is 5.33. The summed E-state index contributed by atoms with van der Waals surface area (Å²) in [5.74, 6) is 1.03. The average Bonchev–Trinajstić information content (AvgIpc) is 3.29. The number of fused-ring (bicyclic) bond motifs is 1. The Labute approximate surface area is 121 Å². The van der Waals surface area contributed by atoms with E-state index in [2.05, 4.69) is 28.4 Å². The fourth-order valence-corrected chi connectivity index (χ4v) is 2.73. The van der Waals surface area contributed by atoms with Gasteiger partial charge in [0.15, 0.2) is 0 Å². The predicted octanol–water partition coefficient (Wildman–Crippen LogP) is 1.65. The lowest BCUT2D eigenvalue weighted by atomic mass is 10.1. The number of hydrogen-bond donors (Lipinski definition) is 1. The largest absolute Gasteiger partial charge is 0.492 e. The first-order valence-electron chi connectivity index (χ1n) is 7.54. The highest BCUT2D eigenvalue weighted by Gasteiger charge is 2.26. The maximum Gasteiger partial charge on any atom is 0.123 e. The second-order valence-corrected chi connectivity index (χ2v) is 5.72. The topological polar surface area (TPSA) is 33.7 Å². The van der Waals surface area contributed by atoms with E-state index in [1.54, 1.807) is 7.11 Å². The third kappa shape index (κ3) is 3.51. The van der Waals surface area contributed by atoms with Crippen molar-refractivity contribution in [2.75, 3.05) is 33.4 Å². The zero-order valence-electron chi connectivity index (χ0n) is 12.2. The molecule has 0 radical (unpaired) electrons. The van der Waals surface area contributed by atoms with Crippen LogP contribution < -0.4 is 10.1 Å². The molecule has 110 valence electrons. The monoisotopic (exact) mass is 276 g/mol. The summed E-state index contributed by atoms with van der Waals surface area (Å²) in [5.41, 5.74) is 1.28. The van der Waals surface area contributed by atoms with Gasteiger partial charge in [-0.25, -0.2) is 0 Å². The highest BCUT2D eigenvalue weighted by atomic mass is 16.5. The Kier molecular flexibility index (Phi) is 4.55. The second kappa shape index (κ2) is 6.57. The van der Waals surface area contributed by atoms with Crippen LogP contribution in [0.5, 0.6) is 5.75 Å². The van der Waals surface area contributed by atoms with Gasteiger partial charge in [0, 0.05) is 44.4 Å². The van der Waals surface area contributed by atoms with Gasteiger partial charge in [0.2, 0.25) is 0 Å². The molecular weight excluding hydrogens is 252 g/mol. The van der Waals surface area contributed by atoms with E-state index in [4.69, 9.17) is 9.47 Å². The number of ether oxygens (including phenoxy) is 2. The molecule has 0 saturated heterocycles. The van der Waals surface area contributed by atoms with Gasteiger partial charge in [0.1, 0.15) is 12.4 Å². The number of hydrogen-bond acceptors (Lipinski definition) is 4. The van der Waals surface area contributed by atoms with Gasteiger partial charge in [-0.3, -0.25) is 4.90 Å². The van der Waals surface area contributed by atoms with Gasteiger partial charge in [-0.05, 0) is 18.9 Å². The summed E-state index contributed by atoms with van der Waals surface area (Å²) in [7, 11) is 1.78. The van der Waals surface area contributed by atoms with Crippen LogP contribution in [0, 0.1) is 0 Å². The first kappa shape index (κ1) is 13.9. The summed E-state index contributed by atoms with van der Waals surface area (Å²) in [6.45, 7) is 4.41. The molecule has 1 aliphatic heterocycles. The van der Waals surface area contributed by atoms with Crippen LogP contribution in [-0.2, 0) is 11.3 Å². The van der Waals surface area contributed by atoms with E-state index in [-0.39, 0.29) is 0 Å². The van der Waals surface area contributed by atoms with E-state index in [0.29, 0.717) is 6.04 Å². The molecule has 1 atom stereocenters. The van der Waals surface area contributed by atoms with E-state index >= 15 is 0 Å². The lowest BCUT2D eigenvalue weighted by Gasteiger charge is -2.30. The van der Waals surface area contributed by atoms with Gasteiger partial charge in [-0.2, -0.15) is 0 Å². The second-order valence-electron chi connectivity index (χ2n) is 5.72. The van der Waals surface area contributed by atoms with E-state index in [1.807, 2.05) is 6.07 Å². The molecule has 1 N–H and O–H groups in total. The molecule has 20 heavy (non-hydrogen) atoms. The maximum absolute atomic E-state index is 5.84. The Morgan fingerprint density at radius 3 is 3.05 bits per heavy atom. The minimum Gasteiger partial charge on any atom is -0.492 e. The number of rotatable bonds is 6. The molecule has 4 nitrogen and oxygen atoms in total. The van der Waals surface area contributed by atoms with Crippen LogP contribution in [-0.4, -0.2) is 50.4 Å². The summed E-state index contributed by atoms with van der Waals surface area (Å²) in [4.78, 5) is 2.48. The SMILES string of the molecule is COCC(CNC1CC1)N1CCOc2ccccc2C1. The molecule has 1 unspecified atom stereocenters. The van der Waals surface area contributed by atoms with Gasteiger partial charge in [0.25, 0.3) is 0 Å². The molecule has 1 aromatic carbocycles. The van der Waals surface area contributed by atoms with Gasteiger partial charge in [0.05, 0.1) is 6.61 Å². The standard InChI is InChI=1S/C16H24N2O2/c1-19-12-15(10-17-14-6-7-14)18-8-9-20-16-5-3-2-4-13(16)11-18/h2-5,14-15,17H,6-12H2,1H3. The molecule has 0 bridgehead atoms. The van der Waals surface area contributed by atoms with Crippen LogP contribution in [0.15, 0.2) is 24.3 Å². The van der Waals surface area contributed by atoms with Crippen LogP contribution in [0.2, 0.25) is 0 Å². The molecule has 1 heterocycles. The van der Waals surface area contributed by atoms with Crippen molar-refractivity contribution in [2.45, 2.75) is 31.5 Å². The minimum atomic E-state index is 0.412. The summed E-state index contributed by atoms with van der Waals surface area (Å²) < 4.78 is 11.3. The molecule has 0 aromatic heterocycles. The first-order chi connectivity index (χ1) is 9.86. The highest BCUT2D eigenvalue weighted by Crippen LogP contribution is 2.24. The normalized spacial score (nSPS) is 20.9. The van der Waals surface area contributed by atoms with Crippen molar-refractivity contribution in [3.63, 3.8) is 0 Å². The third-order valence-electron chi connectivity index (χ3n) is 4.08. The Balaban J connectivity index is 1.66. The number of para-hydroxylation sites is 1. The third-order valence-corrected chi connectivity index (χ3v) is 4.08. The summed E-state index contributed by atoms with van der Waals surface area (Å²) in [6.07, 6.45) is 2.65. The lowest BCUT2D eigenvalue weighted by Crippen LogP contribution is -2.46. The van der Waals surface area contributed by atoms with E-state index < -0.39 is 0 Å². The molecule has 1 aliphatic carbocycles. The van der Waals surface area contributed by atoms with Crippen LogP contribution in [0.4, 0.5) is 0 Å². The van der Waals surface area contributed by atoms with Gasteiger partial charge < -0.3 is 14.8 Å². The molecule has 0 spiro atoms. The minimum absolute atomic E-state index is 0.412. The van der Waals surface area contributed by atoms with Crippen molar-refractivity contribution in [3.8, 4) is 5.75 Å². The molecule has 0 amide bonds. The number of benzene rings is 1. The van der Waals surface area contributed by atoms with Crippen molar-refractivity contribution in [1.29, 1.82) is 0 Å². The van der Waals surface area contributed by atoms with Crippen LogP contribution >= 0.6 is 0 Å². The Morgan fingerprint density at radius 1 is 1.40 bits per heavy atom. The van der Waals surface area contributed by atoms with Crippen LogP contribution in [0.3, 0.4) is 0 Å². The average molecular weight is 276 g/mol. The molecule has 3 rings (SSSR count). The maximum atomic E-state index is 5.84. The van der Waals surface area contributed by atoms with E-state index in [0.717, 1.165) is 44.6 Å². The number of methoxy groups -OCH3 is 1. The fourth-order valence-electron chi connectivity index (χ4n) is 2.73. The zero-order chi connectivity index (χ0) is 13.8. The lowest BCUT2D eigenvalue weighted by molar-refractivity contribution is 0.0800. The molecule has 2 aliphatic rings. The number of nitrogens with one attached hydrogen (secondary N) is 1. The van der Waals surface area contributed by atoms with Crippen molar-refractivity contribution in [3.05, 3.63) is 29.8 Å². The molecule has 4 heteroatoms. The van der Waals surface area contributed by atoms with Crippen molar-refractivity contribution < 1.29 is 9.47 Å². The van der Waals surface area contributed by atoms with E-state index in [1.165, 1.54) is 18.4 Å². The smallest absolute Gasteiger partial charge is 0.123 e. The zero-order valence-corrected chi connectivity index (χ0v) is 12.2. The van der Waals surface area contributed by atoms with Gasteiger partial charge in [-0.15, -0.1) is 0 Å². The Hall–Kier alpha value is -1.10. The molecule has 1 saturated carbocycles. The van der Waals surface area contributed by atoms with E-state index in [9.17, 15) is 0 Å². The first-order valence-corrected chi connectivity index (χ1v) is 7.54. The summed E-state index contributed by atoms with van der Waals surface area (Å²) >= 11 is 0. The predicted molar refractivity (Wildman–Crippen MR) is 79.0 cm³/mol. The molecule has 1 fully saturated rings. The Morgan fingerprint density at radius 2 is 2.25 bits per heavy atom. The van der Waals surface area contributed by atoms with Crippen LogP contribution in [0.1, 0.15) is 18.4 Å². The quantitative estimate of drug-likeness (QED) is 0.856. The van der Waals surface area contributed by atoms with Gasteiger partial charge in [-0.1, -0.05) is 18.2 Å². The van der Waals surface area contributed by atoms with Crippen molar-refractivity contribution >= 4 is 0 Å².